The van der Waals surface area contributed by atoms with E-state index >= 15 is 0 Å². The molecule has 168 valence electrons. The predicted molar refractivity (Wildman–Crippen MR) is 122 cm³/mol. The van der Waals surface area contributed by atoms with Gasteiger partial charge in [0.1, 0.15) is 5.75 Å². The summed E-state index contributed by atoms with van der Waals surface area (Å²) < 4.78 is 7.06. The summed E-state index contributed by atoms with van der Waals surface area (Å²) in [6.45, 7) is 4.01. The number of fused-ring (bicyclic) bond motifs is 3. The van der Waals surface area contributed by atoms with Crippen LogP contribution in [0.1, 0.15) is 38.4 Å². The third-order valence-corrected chi connectivity index (χ3v) is 7.93. The Kier molecular flexibility index (Phi) is 5.19. The lowest BCUT2D eigenvalue weighted by Gasteiger charge is -2.46. The molecule has 2 saturated heterocycles. The summed E-state index contributed by atoms with van der Waals surface area (Å²) in [5.74, 6) is -3.88. The van der Waals surface area contributed by atoms with Crippen LogP contribution < -0.4 is 4.90 Å². The van der Waals surface area contributed by atoms with Crippen molar-refractivity contribution in [2.45, 2.75) is 38.6 Å². The van der Waals surface area contributed by atoms with Gasteiger partial charge in [0.25, 0.3) is 0 Å². The maximum Gasteiger partial charge on any atom is 0.238 e. The molecule has 0 radical (unpaired) electrons. The minimum Gasteiger partial charge on any atom is -0.508 e. The number of anilines is 1. The highest BCUT2D eigenvalue weighted by Gasteiger charge is 2.67. The molecule has 0 spiro atoms. The zero-order valence-electron chi connectivity index (χ0n) is 17.9. The topological polar surface area (TPSA) is 87.1 Å². The van der Waals surface area contributed by atoms with Crippen LogP contribution in [0.25, 0.3) is 0 Å². The number of carbonyl (C=O) groups is 2. The lowest BCUT2D eigenvalue weighted by atomic mass is 9.62. The van der Waals surface area contributed by atoms with Gasteiger partial charge in [-0.25, -0.2) is 0 Å². The molecule has 6 nitrogen and oxygen atoms in total. The zero-order chi connectivity index (χ0) is 22.8. The van der Waals surface area contributed by atoms with Crippen LogP contribution in [0.5, 0.6) is 5.75 Å². The molecular weight excluding hydrogens is 474 g/mol. The molecule has 2 amide bonds. The Morgan fingerprint density at radius 2 is 1.81 bits per heavy atom. The number of benzene rings is 2. The maximum absolute atomic E-state index is 13.6. The molecule has 2 aromatic rings. The van der Waals surface area contributed by atoms with Crippen molar-refractivity contribution in [2.75, 3.05) is 4.90 Å². The number of para-hydroxylation sites is 1. The molecule has 2 aromatic carbocycles. The van der Waals surface area contributed by atoms with Crippen molar-refractivity contribution in [3.8, 4) is 5.75 Å². The van der Waals surface area contributed by atoms with Gasteiger partial charge in [0.15, 0.2) is 5.79 Å². The SMILES string of the molecule is CC(C)[C@H]1C[C@@H]2C(=O)N(c3ccccc3)C(=O)[C@@H]2[C@@H]2C[C@@H](c3cc(Br)ccc3O)O[C@]12O. The third-order valence-electron chi connectivity index (χ3n) is 7.44. The number of nitrogens with zero attached hydrogens (tertiary/aromatic N) is 1. The summed E-state index contributed by atoms with van der Waals surface area (Å²) in [6, 6.07) is 14.1. The Morgan fingerprint density at radius 1 is 1.09 bits per heavy atom. The molecule has 1 aliphatic carbocycles. The molecule has 0 bridgehead atoms. The van der Waals surface area contributed by atoms with Crippen LogP contribution in [0.4, 0.5) is 5.69 Å². The summed E-state index contributed by atoms with van der Waals surface area (Å²) in [4.78, 5) is 28.2. The van der Waals surface area contributed by atoms with Gasteiger partial charge in [-0.15, -0.1) is 0 Å². The minimum atomic E-state index is -1.54. The average molecular weight is 500 g/mol. The molecule has 3 aliphatic rings. The van der Waals surface area contributed by atoms with Gasteiger partial charge in [0.05, 0.1) is 23.6 Å². The minimum absolute atomic E-state index is 0.0481. The monoisotopic (exact) mass is 499 g/mol. The van der Waals surface area contributed by atoms with Crippen molar-refractivity contribution in [1.29, 1.82) is 0 Å². The number of aliphatic hydroxyl groups is 1. The fraction of sp³-hybridized carbons (Fsp3) is 0.440. The molecule has 5 rings (SSSR count). The number of phenols is 1. The second kappa shape index (κ2) is 7.68. The number of hydrogen-bond donors (Lipinski definition) is 2. The van der Waals surface area contributed by atoms with Crippen molar-refractivity contribution in [1.82, 2.24) is 0 Å². The van der Waals surface area contributed by atoms with E-state index < -0.39 is 29.6 Å². The number of carbonyl (C=O) groups excluding carboxylic acids is 2. The first-order valence-electron chi connectivity index (χ1n) is 11.0. The largest absolute Gasteiger partial charge is 0.508 e. The number of imide groups is 1. The van der Waals surface area contributed by atoms with E-state index in [0.29, 0.717) is 24.1 Å². The van der Waals surface area contributed by atoms with E-state index in [9.17, 15) is 19.8 Å². The molecule has 0 unspecified atom stereocenters. The Bertz CT molecular complexity index is 1070. The number of aromatic hydroxyl groups is 1. The van der Waals surface area contributed by atoms with E-state index in [-0.39, 0.29) is 29.4 Å². The summed E-state index contributed by atoms with van der Waals surface area (Å²) in [5.41, 5.74) is 1.12. The maximum atomic E-state index is 13.6. The van der Waals surface area contributed by atoms with E-state index in [4.69, 9.17) is 4.74 Å². The summed E-state index contributed by atoms with van der Waals surface area (Å²) >= 11 is 3.43. The zero-order valence-corrected chi connectivity index (χ0v) is 19.5. The summed E-state index contributed by atoms with van der Waals surface area (Å²) in [5, 5.41) is 22.3. The second-order valence-electron chi connectivity index (χ2n) is 9.47. The van der Waals surface area contributed by atoms with Crippen LogP contribution in [0.15, 0.2) is 53.0 Å². The standard InChI is InChI=1S/C25H26BrNO5/c1-13(2)18-11-17-22(24(30)27(23(17)29)15-6-4-3-5-7-15)19-12-21(32-25(18,19)31)16-10-14(26)8-9-20(16)28/h3-10,13,17-19,21-22,28,31H,11-12H2,1-2H3/t17-,18+,19-,21-,22-,25+/m0/s1. The van der Waals surface area contributed by atoms with E-state index in [1.807, 2.05) is 19.9 Å². The molecule has 1 saturated carbocycles. The molecule has 32 heavy (non-hydrogen) atoms. The first-order chi connectivity index (χ1) is 15.2. The first kappa shape index (κ1) is 21.6. The van der Waals surface area contributed by atoms with Gasteiger partial charge >= 0.3 is 0 Å². The van der Waals surface area contributed by atoms with Gasteiger partial charge in [-0.2, -0.15) is 0 Å². The van der Waals surface area contributed by atoms with Crippen molar-refractivity contribution < 1.29 is 24.5 Å². The van der Waals surface area contributed by atoms with Crippen LogP contribution in [-0.2, 0) is 14.3 Å². The quantitative estimate of drug-likeness (QED) is 0.611. The van der Waals surface area contributed by atoms with Crippen molar-refractivity contribution in [3.63, 3.8) is 0 Å². The molecular formula is C25H26BrNO5. The number of amides is 2. The van der Waals surface area contributed by atoms with E-state index in [1.165, 1.54) is 4.90 Å². The average Bonchev–Trinajstić information content (AvgIpc) is 3.23. The van der Waals surface area contributed by atoms with Crippen LogP contribution >= 0.6 is 15.9 Å². The molecule has 0 aromatic heterocycles. The summed E-state index contributed by atoms with van der Waals surface area (Å²) in [6.07, 6.45) is 0.170. The van der Waals surface area contributed by atoms with Gasteiger partial charge in [-0.05, 0) is 49.1 Å². The lowest BCUT2D eigenvalue weighted by molar-refractivity contribution is -0.276. The highest BCUT2D eigenvalue weighted by molar-refractivity contribution is 9.10. The highest BCUT2D eigenvalue weighted by Crippen LogP contribution is 2.60. The lowest BCUT2D eigenvalue weighted by Crippen LogP contribution is -2.55. The second-order valence-corrected chi connectivity index (χ2v) is 10.4. The van der Waals surface area contributed by atoms with E-state index in [0.717, 1.165) is 4.47 Å². The summed E-state index contributed by atoms with van der Waals surface area (Å²) in [7, 11) is 0. The molecule has 6 atom stereocenters. The smallest absolute Gasteiger partial charge is 0.238 e. The van der Waals surface area contributed by atoms with Crippen LogP contribution in [0, 0.1) is 29.6 Å². The van der Waals surface area contributed by atoms with E-state index in [1.54, 1.807) is 42.5 Å². The van der Waals surface area contributed by atoms with Crippen molar-refractivity contribution in [3.05, 3.63) is 58.6 Å². The Labute approximate surface area is 195 Å². The van der Waals surface area contributed by atoms with Crippen LogP contribution in [0.3, 0.4) is 0 Å². The number of hydrogen-bond acceptors (Lipinski definition) is 5. The number of halogens is 1. The van der Waals surface area contributed by atoms with Gasteiger partial charge in [0.2, 0.25) is 11.8 Å². The Hall–Kier alpha value is -2.22. The number of ether oxygens (including phenoxy) is 1. The fourth-order valence-corrected chi connectivity index (χ4v) is 6.35. The predicted octanol–water partition coefficient (Wildman–Crippen LogP) is 4.40. The van der Waals surface area contributed by atoms with Crippen LogP contribution in [-0.4, -0.2) is 27.8 Å². The molecule has 2 aliphatic heterocycles. The number of phenolic OH excluding ortho intramolecular Hbond substituents is 1. The number of rotatable bonds is 3. The normalized spacial score (nSPS) is 34.2. The molecule has 2 N–H and O–H groups in total. The van der Waals surface area contributed by atoms with Gasteiger partial charge in [-0.1, -0.05) is 48.0 Å². The Balaban J connectivity index is 1.56. The highest BCUT2D eigenvalue weighted by atomic mass is 79.9. The van der Waals surface area contributed by atoms with Crippen molar-refractivity contribution >= 4 is 33.4 Å². The fourth-order valence-electron chi connectivity index (χ4n) is 5.98. The van der Waals surface area contributed by atoms with Gasteiger partial charge in [-0.3, -0.25) is 14.5 Å². The van der Waals surface area contributed by atoms with Crippen LogP contribution in [0.2, 0.25) is 0 Å². The van der Waals surface area contributed by atoms with Gasteiger partial charge < -0.3 is 14.9 Å². The molecule has 7 heteroatoms. The van der Waals surface area contributed by atoms with Crippen molar-refractivity contribution in [2.24, 2.45) is 29.6 Å². The molecule has 3 fully saturated rings. The third kappa shape index (κ3) is 3.13. The Morgan fingerprint density at radius 3 is 2.50 bits per heavy atom. The molecule has 2 heterocycles. The first-order valence-corrected chi connectivity index (χ1v) is 11.8. The van der Waals surface area contributed by atoms with Gasteiger partial charge in [0, 0.05) is 21.9 Å². The van der Waals surface area contributed by atoms with E-state index in [2.05, 4.69) is 15.9 Å².